The molecule has 0 aromatic rings. The molecule has 0 radical (unpaired) electrons. The van der Waals surface area contributed by atoms with Crippen molar-refractivity contribution in [2.24, 2.45) is 5.92 Å². The molecule has 3 fully saturated rings. The fourth-order valence-electron chi connectivity index (χ4n) is 4.99. The van der Waals surface area contributed by atoms with Gasteiger partial charge >= 0.3 is 0 Å². The van der Waals surface area contributed by atoms with Crippen molar-refractivity contribution in [3.63, 3.8) is 0 Å². The van der Waals surface area contributed by atoms with Crippen LogP contribution in [0.5, 0.6) is 0 Å². The molecule has 3 aliphatic rings. The Morgan fingerprint density at radius 1 is 0.762 bits per heavy atom. The van der Waals surface area contributed by atoms with E-state index < -0.39 is 5.60 Å². The summed E-state index contributed by atoms with van der Waals surface area (Å²) in [6, 6.07) is 1.11. The first-order chi connectivity index (χ1) is 10.3. The lowest BCUT2D eigenvalue weighted by molar-refractivity contribution is -0.0782. The van der Waals surface area contributed by atoms with Crippen molar-refractivity contribution in [3.05, 3.63) is 0 Å². The predicted octanol–water partition coefficient (Wildman–Crippen LogP) is 2.97. The monoisotopic (exact) mass is 294 g/mol. The summed E-state index contributed by atoms with van der Waals surface area (Å²) in [6.45, 7) is 2.16. The highest BCUT2D eigenvalue weighted by Gasteiger charge is 2.44. The molecule has 3 heteroatoms. The minimum atomic E-state index is -0.415. The predicted molar refractivity (Wildman–Crippen MR) is 87.4 cm³/mol. The molecule has 0 aromatic heterocycles. The maximum absolute atomic E-state index is 11.4. The zero-order valence-corrected chi connectivity index (χ0v) is 13.6. The van der Waals surface area contributed by atoms with Crippen LogP contribution in [0, 0.1) is 5.92 Å². The van der Waals surface area contributed by atoms with Crippen molar-refractivity contribution in [2.45, 2.75) is 94.7 Å². The summed E-state index contributed by atoms with van der Waals surface area (Å²) in [5.41, 5.74) is -0.415. The van der Waals surface area contributed by atoms with Crippen LogP contribution in [-0.4, -0.2) is 35.9 Å². The van der Waals surface area contributed by atoms with Crippen LogP contribution in [0.4, 0.5) is 0 Å². The van der Waals surface area contributed by atoms with E-state index in [4.69, 9.17) is 0 Å². The smallest absolute Gasteiger partial charge is 0.0717 e. The quantitative estimate of drug-likeness (QED) is 0.643. The lowest BCUT2D eigenvalue weighted by atomic mass is 9.68. The molecule has 1 saturated carbocycles. The second-order valence-electron chi connectivity index (χ2n) is 7.72. The van der Waals surface area contributed by atoms with Gasteiger partial charge in [-0.3, -0.25) is 0 Å². The Hall–Kier alpha value is -0.120. The number of hydrogen-bond donors (Lipinski definition) is 3. The van der Waals surface area contributed by atoms with Crippen molar-refractivity contribution < 1.29 is 5.11 Å². The molecule has 2 heterocycles. The van der Waals surface area contributed by atoms with Gasteiger partial charge in [-0.25, -0.2) is 0 Å². The minimum absolute atomic E-state index is 0.415. The van der Waals surface area contributed by atoms with Gasteiger partial charge in [-0.1, -0.05) is 38.5 Å². The third-order valence-corrected chi connectivity index (χ3v) is 6.18. The highest BCUT2D eigenvalue weighted by Crippen LogP contribution is 2.40. The first-order valence-corrected chi connectivity index (χ1v) is 9.47. The molecule has 0 amide bonds. The Morgan fingerprint density at radius 3 is 2.48 bits per heavy atom. The van der Waals surface area contributed by atoms with Crippen molar-refractivity contribution >= 4 is 0 Å². The van der Waals surface area contributed by atoms with Gasteiger partial charge in [0.1, 0.15) is 0 Å². The normalized spacial score (nSPS) is 43.0. The van der Waals surface area contributed by atoms with E-state index >= 15 is 0 Å². The number of nitrogens with one attached hydrogen (secondary N) is 2. The Labute approximate surface area is 130 Å². The SMILES string of the molecule is OC12CCNC(CCCCCCCNC3CCCCC31)C2. The van der Waals surface area contributed by atoms with Gasteiger partial charge in [0.2, 0.25) is 0 Å². The standard InChI is InChI=1S/C18H34N2O/c21-18-11-13-19-15(14-18)8-4-2-1-3-7-12-20-17-10-6-5-9-16(17)18/h15-17,19-21H,1-14H2. The number of aliphatic hydroxyl groups is 1. The van der Waals surface area contributed by atoms with E-state index in [1.807, 2.05) is 0 Å². The third-order valence-electron chi connectivity index (χ3n) is 6.18. The van der Waals surface area contributed by atoms with E-state index in [0.717, 1.165) is 25.9 Å². The zero-order chi connectivity index (χ0) is 14.5. The molecule has 4 unspecified atom stereocenters. The van der Waals surface area contributed by atoms with Crippen LogP contribution in [0.25, 0.3) is 0 Å². The molecule has 2 bridgehead atoms. The Bertz CT molecular complexity index is 322. The lowest BCUT2D eigenvalue weighted by Gasteiger charge is -2.48. The molecule has 2 saturated heterocycles. The zero-order valence-electron chi connectivity index (χ0n) is 13.6. The van der Waals surface area contributed by atoms with Crippen molar-refractivity contribution in [1.82, 2.24) is 10.6 Å². The number of rotatable bonds is 0. The fraction of sp³-hybridized carbons (Fsp3) is 1.00. The minimum Gasteiger partial charge on any atom is -0.389 e. The van der Waals surface area contributed by atoms with Crippen molar-refractivity contribution in [2.75, 3.05) is 13.1 Å². The van der Waals surface area contributed by atoms with Gasteiger partial charge in [-0.15, -0.1) is 0 Å². The average molecular weight is 294 g/mol. The Morgan fingerprint density at radius 2 is 1.52 bits per heavy atom. The summed E-state index contributed by atoms with van der Waals surface area (Å²) in [4.78, 5) is 0. The van der Waals surface area contributed by atoms with Crippen LogP contribution in [0.1, 0.15) is 77.0 Å². The maximum Gasteiger partial charge on any atom is 0.0717 e. The van der Waals surface area contributed by atoms with Gasteiger partial charge in [-0.2, -0.15) is 0 Å². The second-order valence-corrected chi connectivity index (χ2v) is 7.72. The molecule has 0 spiro atoms. The van der Waals surface area contributed by atoms with Crippen LogP contribution in [0.15, 0.2) is 0 Å². The lowest BCUT2D eigenvalue weighted by Crippen LogP contribution is -2.57. The first-order valence-electron chi connectivity index (χ1n) is 9.47. The molecule has 4 atom stereocenters. The number of hydrogen-bond acceptors (Lipinski definition) is 3. The molecule has 122 valence electrons. The van der Waals surface area contributed by atoms with Crippen LogP contribution >= 0.6 is 0 Å². The van der Waals surface area contributed by atoms with Gasteiger partial charge in [-0.05, 0) is 51.6 Å². The molecular weight excluding hydrogens is 260 g/mol. The average Bonchev–Trinajstić information content (AvgIpc) is 2.50. The van der Waals surface area contributed by atoms with Crippen molar-refractivity contribution in [1.29, 1.82) is 0 Å². The summed E-state index contributed by atoms with van der Waals surface area (Å²) < 4.78 is 0. The Kier molecular flexibility index (Phi) is 5.58. The molecule has 0 aromatic carbocycles. The molecule has 3 nitrogen and oxygen atoms in total. The number of piperidine rings is 1. The third kappa shape index (κ3) is 4.00. The van der Waals surface area contributed by atoms with Gasteiger partial charge in [0.25, 0.3) is 0 Å². The van der Waals surface area contributed by atoms with Crippen LogP contribution < -0.4 is 10.6 Å². The highest BCUT2D eigenvalue weighted by molar-refractivity contribution is 5.00. The van der Waals surface area contributed by atoms with Gasteiger partial charge in [0.15, 0.2) is 0 Å². The van der Waals surface area contributed by atoms with Crippen molar-refractivity contribution in [3.8, 4) is 0 Å². The van der Waals surface area contributed by atoms with E-state index in [1.165, 1.54) is 64.2 Å². The highest BCUT2D eigenvalue weighted by atomic mass is 16.3. The summed E-state index contributed by atoms with van der Waals surface area (Å²) in [5, 5.41) is 18.8. The summed E-state index contributed by atoms with van der Waals surface area (Å²) in [7, 11) is 0. The van der Waals surface area contributed by atoms with E-state index in [1.54, 1.807) is 0 Å². The van der Waals surface area contributed by atoms with Gasteiger partial charge < -0.3 is 15.7 Å². The molecule has 3 N–H and O–H groups in total. The Balaban J connectivity index is 1.72. The summed E-state index contributed by atoms with van der Waals surface area (Å²) >= 11 is 0. The van der Waals surface area contributed by atoms with Crippen LogP contribution in [0.2, 0.25) is 0 Å². The van der Waals surface area contributed by atoms with E-state index in [2.05, 4.69) is 10.6 Å². The van der Waals surface area contributed by atoms with Gasteiger partial charge in [0.05, 0.1) is 5.60 Å². The van der Waals surface area contributed by atoms with Gasteiger partial charge in [0, 0.05) is 18.0 Å². The molecule has 1 aliphatic carbocycles. The van der Waals surface area contributed by atoms with E-state index in [-0.39, 0.29) is 0 Å². The molecule has 3 rings (SSSR count). The fourth-order valence-corrected chi connectivity index (χ4v) is 4.99. The molecule has 2 aliphatic heterocycles. The first kappa shape index (κ1) is 15.8. The second kappa shape index (κ2) is 7.43. The van der Waals surface area contributed by atoms with E-state index in [0.29, 0.717) is 18.0 Å². The van der Waals surface area contributed by atoms with Crippen LogP contribution in [0.3, 0.4) is 0 Å². The number of fused-ring (bicyclic) bond motifs is 4. The summed E-state index contributed by atoms with van der Waals surface area (Å²) in [6.07, 6.45) is 15.1. The summed E-state index contributed by atoms with van der Waals surface area (Å²) in [5.74, 6) is 0.483. The van der Waals surface area contributed by atoms with E-state index in [9.17, 15) is 5.11 Å². The van der Waals surface area contributed by atoms with Crippen LogP contribution in [-0.2, 0) is 0 Å². The largest absolute Gasteiger partial charge is 0.389 e. The maximum atomic E-state index is 11.4. The topological polar surface area (TPSA) is 44.3 Å². The molecule has 21 heavy (non-hydrogen) atoms. The molecular formula is C18H34N2O.